The van der Waals surface area contributed by atoms with Crippen molar-refractivity contribution in [3.63, 3.8) is 0 Å². The number of amides is 1. The number of aliphatic hydroxyl groups excluding tert-OH is 1. The number of aromatic nitrogens is 3. The van der Waals surface area contributed by atoms with E-state index in [0.717, 1.165) is 16.9 Å². The quantitative estimate of drug-likeness (QED) is 0.618. The molecule has 28 heavy (non-hydrogen) atoms. The standard InChI is InChI=1S/C20H22N4O4/c1-27-16-8-6-15(7-9-16)18(25)12-24-13-22-19(23-24)20(26)21-11-14-4-3-5-17(10-14)28-2/h3-10,13,18,25H,11-12H2,1-2H3,(H,21,26)/t18-/m0/s1. The fourth-order valence-corrected chi connectivity index (χ4v) is 2.64. The van der Waals surface area contributed by atoms with E-state index in [2.05, 4.69) is 15.4 Å². The van der Waals surface area contributed by atoms with E-state index in [1.54, 1.807) is 38.5 Å². The lowest BCUT2D eigenvalue weighted by Crippen LogP contribution is -2.24. The van der Waals surface area contributed by atoms with Gasteiger partial charge in [0, 0.05) is 6.54 Å². The van der Waals surface area contributed by atoms with Crippen LogP contribution in [0.1, 0.15) is 27.8 Å². The highest BCUT2D eigenvalue weighted by Gasteiger charge is 2.14. The molecule has 3 rings (SSSR count). The predicted molar refractivity (Wildman–Crippen MR) is 102 cm³/mol. The molecule has 0 saturated heterocycles. The van der Waals surface area contributed by atoms with Crippen LogP contribution >= 0.6 is 0 Å². The average Bonchev–Trinajstić information content (AvgIpc) is 3.20. The monoisotopic (exact) mass is 382 g/mol. The van der Waals surface area contributed by atoms with Gasteiger partial charge in [0.1, 0.15) is 17.8 Å². The van der Waals surface area contributed by atoms with Crippen LogP contribution in [0.2, 0.25) is 0 Å². The van der Waals surface area contributed by atoms with E-state index in [1.807, 2.05) is 24.3 Å². The fourth-order valence-electron chi connectivity index (χ4n) is 2.64. The van der Waals surface area contributed by atoms with Crippen molar-refractivity contribution in [1.29, 1.82) is 0 Å². The lowest BCUT2D eigenvalue weighted by Gasteiger charge is -2.11. The van der Waals surface area contributed by atoms with Gasteiger partial charge in [0.15, 0.2) is 0 Å². The van der Waals surface area contributed by atoms with Crippen molar-refractivity contribution >= 4 is 5.91 Å². The van der Waals surface area contributed by atoms with Crippen molar-refractivity contribution in [1.82, 2.24) is 20.1 Å². The summed E-state index contributed by atoms with van der Waals surface area (Å²) in [6.07, 6.45) is 0.646. The second-order valence-corrected chi connectivity index (χ2v) is 6.11. The SMILES string of the molecule is COc1ccc([C@@H](O)Cn2cnc(C(=O)NCc3cccc(OC)c3)n2)cc1. The number of aliphatic hydroxyl groups is 1. The van der Waals surface area contributed by atoms with Crippen LogP contribution in [0.15, 0.2) is 54.9 Å². The Balaban J connectivity index is 1.57. The lowest BCUT2D eigenvalue weighted by atomic mass is 10.1. The Kier molecular flexibility index (Phi) is 6.23. The maximum atomic E-state index is 12.3. The first kappa shape index (κ1) is 19.4. The molecule has 2 N–H and O–H groups in total. The molecule has 146 valence electrons. The number of nitrogens with zero attached hydrogens (tertiary/aromatic N) is 3. The van der Waals surface area contributed by atoms with Gasteiger partial charge >= 0.3 is 0 Å². The van der Waals surface area contributed by atoms with Gasteiger partial charge in [-0.1, -0.05) is 24.3 Å². The maximum absolute atomic E-state index is 12.3. The van der Waals surface area contributed by atoms with Crippen molar-refractivity contribution in [2.75, 3.05) is 14.2 Å². The molecule has 0 aliphatic carbocycles. The largest absolute Gasteiger partial charge is 0.497 e. The van der Waals surface area contributed by atoms with Crippen LogP contribution in [-0.4, -0.2) is 40.0 Å². The molecule has 0 aliphatic heterocycles. The molecular weight excluding hydrogens is 360 g/mol. The molecule has 8 heteroatoms. The Labute approximate surface area is 162 Å². The maximum Gasteiger partial charge on any atom is 0.291 e. The van der Waals surface area contributed by atoms with E-state index in [0.29, 0.717) is 12.3 Å². The van der Waals surface area contributed by atoms with Gasteiger partial charge in [0.05, 0.1) is 26.9 Å². The third-order valence-corrected chi connectivity index (χ3v) is 4.19. The van der Waals surface area contributed by atoms with Crippen LogP contribution < -0.4 is 14.8 Å². The van der Waals surface area contributed by atoms with Crippen LogP contribution in [0.4, 0.5) is 0 Å². The van der Waals surface area contributed by atoms with E-state index < -0.39 is 6.10 Å². The molecule has 2 aromatic carbocycles. The smallest absolute Gasteiger partial charge is 0.291 e. The number of rotatable bonds is 8. The number of hydrogen-bond acceptors (Lipinski definition) is 6. The average molecular weight is 382 g/mol. The molecule has 3 aromatic rings. The molecule has 1 heterocycles. The number of methoxy groups -OCH3 is 2. The summed E-state index contributed by atoms with van der Waals surface area (Å²) in [5.74, 6) is 1.10. The molecule has 0 saturated carbocycles. The summed E-state index contributed by atoms with van der Waals surface area (Å²) >= 11 is 0. The summed E-state index contributed by atoms with van der Waals surface area (Å²) in [6.45, 7) is 0.515. The van der Waals surface area contributed by atoms with E-state index in [1.165, 1.54) is 11.0 Å². The Morgan fingerprint density at radius 2 is 1.89 bits per heavy atom. The Morgan fingerprint density at radius 3 is 2.61 bits per heavy atom. The molecule has 1 aromatic heterocycles. The number of carbonyl (C=O) groups is 1. The highest BCUT2D eigenvalue weighted by Crippen LogP contribution is 2.18. The summed E-state index contributed by atoms with van der Waals surface area (Å²) in [7, 11) is 3.18. The third-order valence-electron chi connectivity index (χ3n) is 4.19. The van der Waals surface area contributed by atoms with E-state index in [4.69, 9.17) is 9.47 Å². The topological polar surface area (TPSA) is 98.5 Å². The molecule has 0 unspecified atom stereocenters. The van der Waals surface area contributed by atoms with Gasteiger partial charge in [-0.3, -0.25) is 4.79 Å². The molecule has 8 nitrogen and oxygen atoms in total. The van der Waals surface area contributed by atoms with Crippen LogP contribution in [0, 0.1) is 0 Å². The second-order valence-electron chi connectivity index (χ2n) is 6.11. The third kappa shape index (κ3) is 4.86. The fraction of sp³-hybridized carbons (Fsp3) is 0.250. The van der Waals surface area contributed by atoms with Crippen LogP contribution in [-0.2, 0) is 13.1 Å². The zero-order valence-electron chi connectivity index (χ0n) is 15.7. The van der Waals surface area contributed by atoms with Crippen molar-refractivity contribution in [3.05, 3.63) is 71.8 Å². The van der Waals surface area contributed by atoms with Crippen LogP contribution in [0.5, 0.6) is 11.5 Å². The van der Waals surface area contributed by atoms with Gasteiger partial charge in [-0.25, -0.2) is 9.67 Å². The van der Waals surface area contributed by atoms with Gasteiger partial charge in [0.2, 0.25) is 5.82 Å². The lowest BCUT2D eigenvalue weighted by molar-refractivity contribution is 0.0938. The molecule has 0 fully saturated rings. The van der Waals surface area contributed by atoms with Gasteiger partial charge < -0.3 is 19.9 Å². The number of benzene rings is 2. The van der Waals surface area contributed by atoms with Gasteiger partial charge in [-0.15, -0.1) is 5.10 Å². The van der Waals surface area contributed by atoms with Crippen LogP contribution in [0.25, 0.3) is 0 Å². The van der Waals surface area contributed by atoms with Crippen molar-refractivity contribution < 1.29 is 19.4 Å². The molecule has 0 aliphatic rings. The predicted octanol–water partition coefficient (Wildman–Crippen LogP) is 1.96. The summed E-state index contributed by atoms with van der Waals surface area (Å²) in [5, 5.41) is 17.3. The minimum atomic E-state index is -0.777. The molecule has 0 spiro atoms. The van der Waals surface area contributed by atoms with E-state index in [-0.39, 0.29) is 18.3 Å². The number of ether oxygens (including phenoxy) is 2. The Bertz CT molecular complexity index is 924. The van der Waals surface area contributed by atoms with E-state index in [9.17, 15) is 9.90 Å². The number of nitrogens with one attached hydrogen (secondary N) is 1. The molecule has 0 radical (unpaired) electrons. The van der Waals surface area contributed by atoms with Crippen molar-refractivity contribution in [3.8, 4) is 11.5 Å². The van der Waals surface area contributed by atoms with Crippen molar-refractivity contribution in [2.24, 2.45) is 0 Å². The molecule has 1 amide bonds. The highest BCUT2D eigenvalue weighted by molar-refractivity contribution is 5.90. The molecular formula is C20H22N4O4. The minimum absolute atomic E-state index is 0.0461. The van der Waals surface area contributed by atoms with Gasteiger partial charge in [-0.05, 0) is 35.4 Å². The van der Waals surface area contributed by atoms with Crippen molar-refractivity contribution in [2.45, 2.75) is 19.2 Å². The summed E-state index contributed by atoms with van der Waals surface area (Å²) in [5.41, 5.74) is 1.63. The number of carbonyl (C=O) groups excluding carboxylic acids is 1. The first-order valence-electron chi connectivity index (χ1n) is 8.71. The first-order chi connectivity index (χ1) is 13.6. The highest BCUT2D eigenvalue weighted by atomic mass is 16.5. The minimum Gasteiger partial charge on any atom is -0.497 e. The normalized spacial score (nSPS) is 11.7. The van der Waals surface area contributed by atoms with Gasteiger partial charge in [0.25, 0.3) is 5.91 Å². The summed E-state index contributed by atoms with van der Waals surface area (Å²) in [6, 6.07) is 14.5. The number of hydrogen-bond donors (Lipinski definition) is 2. The summed E-state index contributed by atoms with van der Waals surface area (Å²) < 4.78 is 11.7. The first-order valence-corrected chi connectivity index (χ1v) is 8.71. The zero-order valence-corrected chi connectivity index (χ0v) is 15.7. The van der Waals surface area contributed by atoms with Crippen LogP contribution in [0.3, 0.4) is 0 Å². The Hall–Kier alpha value is -3.39. The van der Waals surface area contributed by atoms with Gasteiger partial charge in [-0.2, -0.15) is 0 Å². The molecule has 1 atom stereocenters. The second kappa shape index (κ2) is 9.01. The van der Waals surface area contributed by atoms with E-state index >= 15 is 0 Å². The summed E-state index contributed by atoms with van der Waals surface area (Å²) in [4.78, 5) is 16.3. The molecule has 0 bridgehead atoms. The zero-order chi connectivity index (χ0) is 19.9. The Morgan fingerprint density at radius 1 is 1.14 bits per heavy atom.